The van der Waals surface area contributed by atoms with Gasteiger partial charge in [-0.3, -0.25) is 0 Å². The van der Waals surface area contributed by atoms with Crippen molar-refractivity contribution >= 4 is 18.4 Å². The summed E-state index contributed by atoms with van der Waals surface area (Å²) in [5.74, 6) is 0.113. The maximum absolute atomic E-state index is 11.1. The van der Waals surface area contributed by atoms with Gasteiger partial charge in [0.2, 0.25) is 5.76 Å². The predicted octanol–water partition coefficient (Wildman–Crippen LogP) is 1.35. The largest absolute Gasteiger partial charge is 0.463 e. The van der Waals surface area contributed by atoms with Crippen molar-refractivity contribution in [1.29, 1.82) is 0 Å². The Kier molecular flexibility index (Phi) is 4.76. The number of aromatic nitrogens is 1. The fourth-order valence-electron chi connectivity index (χ4n) is 1.80. The van der Waals surface area contributed by atoms with Crippen LogP contribution in [0, 0.1) is 0 Å². The minimum absolute atomic E-state index is 0. The van der Waals surface area contributed by atoms with E-state index in [1.54, 1.807) is 6.07 Å². The molecule has 5 nitrogen and oxygen atoms in total. The number of ether oxygens (including phenoxy) is 1. The lowest BCUT2D eigenvalue weighted by atomic mass is 9.95. The molecular formula is C10H15ClN2O3. The van der Waals surface area contributed by atoms with Crippen LogP contribution in [0.25, 0.3) is 0 Å². The van der Waals surface area contributed by atoms with Gasteiger partial charge in [-0.2, -0.15) is 0 Å². The van der Waals surface area contributed by atoms with Crippen LogP contribution in [0.4, 0.5) is 0 Å². The summed E-state index contributed by atoms with van der Waals surface area (Å²) in [6, 6.07) is 1.68. The summed E-state index contributed by atoms with van der Waals surface area (Å²) in [5.41, 5.74) is 0.858. The number of methoxy groups -OCH3 is 1. The second-order valence-corrected chi connectivity index (χ2v) is 3.63. The van der Waals surface area contributed by atoms with Gasteiger partial charge >= 0.3 is 5.97 Å². The molecule has 2 heterocycles. The summed E-state index contributed by atoms with van der Waals surface area (Å²) in [6.07, 6.45) is 2.07. The number of rotatable bonds is 2. The van der Waals surface area contributed by atoms with E-state index in [4.69, 9.17) is 4.52 Å². The Balaban J connectivity index is 0.00000128. The maximum Gasteiger partial charge on any atom is 0.376 e. The molecule has 1 aliphatic heterocycles. The Bertz CT molecular complexity index is 348. The molecule has 0 atom stereocenters. The van der Waals surface area contributed by atoms with Crippen LogP contribution in [0.1, 0.15) is 35.0 Å². The first-order valence-electron chi connectivity index (χ1n) is 5.07. The van der Waals surface area contributed by atoms with Gasteiger partial charge in [-0.05, 0) is 25.9 Å². The Labute approximate surface area is 99.9 Å². The van der Waals surface area contributed by atoms with Crippen LogP contribution in [-0.4, -0.2) is 31.3 Å². The Hall–Kier alpha value is -1.07. The van der Waals surface area contributed by atoms with E-state index in [-0.39, 0.29) is 18.2 Å². The number of piperidine rings is 1. The molecule has 0 aromatic carbocycles. The molecule has 0 radical (unpaired) electrons. The molecule has 0 aliphatic carbocycles. The number of halogens is 1. The monoisotopic (exact) mass is 246 g/mol. The van der Waals surface area contributed by atoms with Crippen molar-refractivity contribution in [2.45, 2.75) is 18.8 Å². The molecule has 6 heteroatoms. The number of carbonyl (C=O) groups is 1. The van der Waals surface area contributed by atoms with E-state index >= 15 is 0 Å². The second kappa shape index (κ2) is 5.86. The van der Waals surface area contributed by atoms with Crippen LogP contribution < -0.4 is 5.32 Å². The number of hydrogen-bond donors (Lipinski definition) is 1. The molecular weight excluding hydrogens is 232 g/mol. The zero-order chi connectivity index (χ0) is 10.7. The summed E-state index contributed by atoms with van der Waals surface area (Å²) in [6.45, 7) is 1.98. The van der Waals surface area contributed by atoms with Gasteiger partial charge < -0.3 is 14.6 Å². The summed E-state index contributed by atoms with van der Waals surface area (Å²) < 4.78 is 9.48. The smallest absolute Gasteiger partial charge is 0.376 e. The van der Waals surface area contributed by atoms with E-state index in [1.165, 1.54) is 7.11 Å². The minimum Gasteiger partial charge on any atom is -0.463 e. The Morgan fingerprint density at radius 2 is 2.25 bits per heavy atom. The molecule has 2 rings (SSSR count). The van der Waals surface area contributed by atoms with Gasteiger partial charge in [0, 0.05) is 12.0 Å². The summed E-state index contributed by atoms with van der Waals surface area (Å²) >= 11 is 0. The molecule has 1 fully saturated rings. The van der Waals surface area contributed by atoms with Crippen molar-refractivity contribution in [2.75, 3.05) is 20.2 Å². The van der Waals surface area contributed by atoms with E-state index < -0.39 is 5.97 Å². The van der Waals surface area contributed by atoms with Crippen molar-refractivity contribution in [3.63, 3.8) is 0 Å². The van der Waals surface area contributed by atoms with Crippen LogP contribution in [-0.2, 0) is 4.74 Å². The zero-order valence-electron chi connectivity index (χ0n) is 9.06. The van der Waals surface area contributed by atoms with E-state index in [2.05, 4.69) is 15.2 Å². The molecule has 1 aromatic rings. The van der Waals surface area contributed by atoms with Crippen molar-refractivity contribution < 1.29 is 14.1 Å². The molecule has 90 valence electrons. The van der Waals surface area contributed by atoms with Crippen LogP contribution >= 0.6 is 12.4 Å². The topological polar surface area (TPSA) is 64.4 Å². The first-order chi connectivity index (χ1) is 7.31. The number of carbonyl (C=O) groups excluding carboxylic acids is 1. The highest BCUT2D eigenvalue weighted by Gasteiger charge is 2.21. The molecule has 0 unspecified atom stereocenters. The third-order valence-electron chi connectivity index (χ3n) is 2.67. The van der Waals surface area contributed by atoms with Crippen LogP contribution in [0.5, 0.6) is 0 Å². The van der Waals surface area contributed by atoms with Crippen LogP contribution in [0.3, 0.4) is 0 Å². The van der Waals surface area contributed by atoms with Crippen LogP contribution in [0.15, 0.2) is 10.6 Å². The molecule has 0 amide bonds. The Morgan fingerprint density at radius 3 is 2.88 bits per heavy atom. The molecule has 1 aromatic heterocycles. The van der Waals surface area contributed by atoms with Gasteiger partial charge in [0.05, 0.1) is 12.8 Å². The molecule has 1 saturated heterocycles. The van der Waals surface area contributed by atoms with E-state index in [1.807, 2.05) is 0 Å². The van der Waals surface area contributed by atoms with Crippen molar-refractivity contribution in [3.05, 3.63) is 17.5 Å². The van der Waals surface area contributed by atoms with Crippen molar-refractivity contribution in [2.24, 2.45) is 0 Å². The number of esters is 1. The molecule has 0 spiro atoms. The third kappa shape index (κ3) is 2.74. The van der Waals surface area contributed by atoms with E-state index in [9.17, 15) is 4.79 Å². The van der Waals surface area contributed by atoms with Gasteiger partial charge in [-0.15, -0.1) is 12.4 Å². The second-order valence-electron chi connectivity index (χ2n) is 3.63. The first-order valence-corrected chi connectivity index (χ1v) is 5.07. The average molecular weight is 247 g/mol. The van der Waals surface area contributed by atoms with E-state index in [0.717, 1.165) is 31.6 Å². The number of nitrogens with one attached hydrogen (secondary N) is 1. The van der Waals surface area contributed by atoms with E-state index in [0.29, 0.717) is 5.92 Å². The summed E-state index contributed by atoms with van der Waals surface area (Å²) in [5, 5.41) is 7.18. The molecule has 16 heavy (non-hydrogen) atoms. The molecule has 1 aliphatic rings. The number of hydrogen-bond acceptors (Lipinski definition) is 5. The van der Waals surface area contributed by atoms with Gasteiger partial charge in [-0.1, -0.05) is 5.16 Å². The lowest BCUT2D eigenvalue weighted by Crippen LogP contribution is -2.26. The standard InChI is InChI=1S/C10H14N2O3.ClH/c1-14-10(13)9-6-8(12-15-9)7-2-4-11-5-3-7;/h6-7,11H,2-5H2,1H3;1H. The maximum atomic E-state index is 11.1. The van der Waals surface area contributed by atoms with Gasteiger partial charge in [0.15, 0.2) is 0 Å². The fraction of sp³-hybridized carbons (Fsp3) is 0.600. The molecule has 0 saturated carbocycles. The molecule has 0 bridgehead atoms. The first kappa shape index (κ1) is 13.0. The van der Waals surface area contributed by atoms with Gasteiger partial charge in [0.25, 0.3) is 0 Å². The third-order valence-corrected chi connectivity index (χ3v) is 2.67. The highest BCUT2D eigenvalue weighted by molar-refractivity contribution is 5.86. The highest BCUT2D eigenvalue weighted by Crippen LogP contribution is 2.24. The summed E-state index contributed by atoms with van der Waals surface area (Å²) in [7, 11) is 1.33. The highest BCUT2D eigenvalue weighted by atomic mass is 35.5. The number of nitrogens with zero attached hydrogens (tertiary/aromatic N) is 1. The predicted molar refractivity (Wildman–Crippen MR) is 59.9 cm³/mol. The zero-order valence-corrected chi connectivity index (χ0v) is 9.88. The van der Waals surface area contributed by atoms with Gasteiger partial charge in [-0.25, -0.2) is 4.79 Å². The molecule has 1 N–H and O–H groups in total. The summed E-state index contributed by atoms with van der Waals surface area (Å²) in [4.78, 5) is 11.1. The Morgan fingerprint density at radius 1 is 1.56 bits per heavy atom. The quantitative estimate of drug-likeness (QED) is 0.798. The minimum atomic E-state index is -0.470. The lowest BCUT2D eigenvalue weighted by Gasteiger charge is -2.19. The van der Waals surface area contributed by atoms with Gasteiger partial charge in [0.1, 0.15) is 0 Å². The fourth-order valence-corrected chi connectivity index (χ4v) is 1.80. The average Bonchev–Trinajstić information content (AvgIpc) is 2.78. The van der Waals surface area contributed by atoms with Crippen molar-refractivity contribution in [1.82, 2.24) is 10.5 Å². The SMILES string of the molecule is COC(=O)c1cc(C2CCNCC2)no1.Cl. The lowest BCUT2D eigenvalue weighted by molar-refractivity contribution is 0.0554. The van der Waals surface area contributed by atoms with Crippen molar-refractivity contribution in [3.8, 4) is 0 Å². The normalized spacial score (nSPS) is 16.6. The van der Waals surface area contributed by atoms with Crippen LogP contribution in [0.2, 0.25) is 0 Å².